The maximum absolute atomic E-state index is 6.02. The summed E-state index contributed by atoms with van der Waals surface area (Å²) in [5.41, 5.74) is 9.40. The smallest absolute Gasteiger partial charge is 0.138 e. The minimum atomic E-state index is 1.01. The van der Waals surface area contributed by atoms with Gasteiger partial charge in [-0.3, -0.25) is 0 Å². The van der Waals surface area contributed by atoms with Crippen LogP contribution in [-0.4, -0.2) is 0 Å². The molecule has 2 heterocycles. The normalized spacial score (nSPS) is 10.5. The zero-order valence-electron chi connectivity index (χ0n) is 24.6. The topological polar surface area (TPSA) is 26.3 Å². The number of aryl methyl sites for hydroxylation is 4. The molecule has 6 aromatic rings. The Balaban J connectivity index is 0.000000187. The summed E-state index contributed by atoms with van der Waals surface area (Å²) >= 11 is 0. The zero-order chi connectivity index (χ0) is 27.7. The third-order valence-electron chi connectivity index (χ3n) is 6.87. The van der Waals surface area contributed by atoms with Crippen LogP contribution >= 0.6 is 0 Å². The lowest BCUT2D eigenvalue weighted by atomic mass is 10.0. The highest BCUT2D eigenvalue weighted by atomic mass is 16.3. The van der Waals surface area contributed by atoms with Gasteiger partial charge in [0.25, 0.3) is 0 Å². The van der Waals surface area contributed by atoms with Crippen LogP contribution in [0.25, 0.3) is 43.9 Å². The minimum Gasteiger partial charge on any atom is -0.456 e. The van der Waals surface area contributed by atoms with E-state index in [4.69, 9.17) is 8.83 Å². The van der Waals surface area contributed by atoms with Crippen LogP contribution in [0.1, 0.15) is 77.6 Å². The number of furan rings is 2. The first kappa shape index (κ1) is 29.0. The summed E-state index contributed by atoms with van der Waals surface area (Å²) in [5.74, 6) is 0. The van der Waals surface area contributed by atoms with E-state index in [1.165, 1.54) is 43.8 Å². The number of hydrogen-bond acceptors (Lipinski definition) is 2. The van der Waals surface area contributed by atoms with Gasteiger partial charge in [0.2, 0.25) is 0 Å². The number of para-hydroxylation sites is 1. The van der Waals surface area contributed by atoms with E-state index >= 15 is 0 Å². The van der Waals surface area contributed by atoms with Crippen LogP contribution in [0.2, 0.25) is 0 Å². The number of rotatable bonds is 4. The number of fused-ring (bicyclic) bond motifs is 6. The molecule has 0 unspecified atom stereocenters. The average molecular weight is 509 g/mol. The van der Waals surface area contributed by atoms with Crippen molar-refractivity contribution < 1.29 is 8.83 Å². The van der Waals surface area contributed by atoms with Gasteiger partial charge in [0.1, 0.15) is 22.3 Å². The van der Waals surface area contributed by atoms with Gasteiger partial charge in [-0.25, -0.2) is 0 Å². The highest BCUT2D eigenvalue weighted by Gasteiger charge is 2.11. The van der Waals surface area contributed by atoms with Gasteiger partial charge in [-0.1, -0.05) is 110 Å². The fourth-order valence-electron chi connectivity index (χ4n) is 4.86. The van der Waals surface area contributed by atoms with Crippen LogP contribution in [0.5, 0.6) is 0 Å². The third-order valence-corrected chi connectivity index (χ3v) is 6.87. The summed E-state index contributed by atoms with van der Waals surface area (Å²) in [4.78, 5) is 0. The summed E-state index contributed by atoms with van der Waals surface area (Å²) < 4.78 is 12.0. The lowest BCUT2D eigenvalue weighted by Gasteiger charge is -1.98. The molecule has 6 rings (SSSR count). The van der Waals surface area contributed by atoms with E-state index in [1.807, 2.05) is 27.7 Å². The van der Waals surface area contributed by atoms with E-state index in [-0.39, 0.29) is 0 Å². The standard InChI is InChI=1S/2C16H16O.2C2H6/c1-3-11-8-9-13-15(10-11)17-14-7-5-6-12(4-2)16(13)14;1-3-11-8-9-13-14-7-5-6-12(4-2)16(14)17-15(13)10-11;2*1-2/h2*5-10H,3-4H2,1-2H3;2*1-2H3. The van der Waals surface area contributed by atoms with Crippen molar-refractivity contribution in [3.05, 3.63) is 95.1 Å². The summed E-state index contributed by atoms with van der Waals surface area (Å²) in [6, 6.07) is 25.8. The SMILES string of the molecule is CC.CC.CCc1ccc2c(c1)oc1c(CC)cccc12.CCc1ccc2c(c1)oc1cccc(CC)c12. The molecule has 2 heteroatoms. The molecule has 38 heavy (non-hydrogen) atoms. The molecular weight excluding hydrogens is 464 g/mol. The van der Waals surface area contributed by atoms with Gasteiger partial charge in [0.05, 0.1) is 0 Å². The molecule has 2 nitrogen and oxygen atoms in total. The quantitative estimate of drug-likeness (QED) is 0.237. The maximum atomic E-state index is 6.02. The Kier molecular flexibility index (Phi) is 10.6. The van der Waals surface area contributed by atoms with Crippen molar-refractivity contribution in [2.24, 2.45) is 0 Å². The molecule has 0 aliphatic rings. The van der Waals surface area contributed by atoms with Crippen molar-refractivity contribution in [1.29, 1.82) is 0 Å². The molecule has 0 radical (unpaired) electrons. The first-order valence-corrected chi connectivity index (χ1v) is 14.5. The lowest BCUT2D eigenvalue weighted by molar-refractivity contribution is 0.662. The first-order chi connectivity index (χ1) is 18.7. The van der Waals surface area contributed by atoms with Crippen LogP contribution in [0.3, 0.4) is 0 Å². The molecule has 0 aliphatic heterocycles. The van der Waals surface area contributed by atoms with E-state index in [0.717, 1.165) is 48.0 Å². The van der Waals surface area contributed by atoms with Gasteiger partial charge in [-0.2, -0.15) is 0 Å². The fraction of sp³-hybridized carbons (Fsp3) is 0.333. The highest BCUT2D eigenvalue weighted by Crippen LogP contribution is 2.33. The van der Waals surface area contributed by atoms with Crippen LogP contribution in [0.15, 0.2) is 81.6 Å². The maximum Gasteiger partial charge on any atom is 0.138 e. The minimum absolute atomic E-state index is 1.01. The predicted molar refractivity (Wildman–Crippen MR) is 168 cm³/mol. The van der Waals surface area contributed by atoms with Crippen molar-refractivity contribution in [3.63, 3.8) is 0 Å². The Morgan fingerprint density at radius 2 is 1.03 bits per heavy atom. The van der Waals surface area contributed by atoms with Gasteiger partial charge >= 0.3 is 0 Å². The van der Waals surface area contributed by atoms with E-state index in [2.05, 4.69) is 100 Å². The lowest BCUT2D eigenvalue weighted by Crippen LogP contribution is -1.81. The monoisotopic (exact) mass is 508 g/mol. The second-order valence-electron chi connectivity index (χ2n) is 8.86. The Bertz CT molecular complexity index is 1590. The second kappa shape index (κ2) is 13.9. The van der Waals surface area contributed by atoms with Gasteiger partial charge in [0.15, 0.2) is 0 Å². The molecule has 2 aromatic heterocycles. The van der Waals surface area contributed by atoms with E-state index in [9.17, 15) is 0 Å². The van der Waals surface area contributed by atoms with E-state index in [0.29, 0.717) is 0 Å². The van der Waals surface area contributed by atoms with Crippen molar-refractivity contribution >= 4 is 43.9 Å². The van der Waals surface area contributed by atoms with Gasteiger partial charge in [0, 0.05) is 21.5 Å². The molecule has 0 saturated carbocycles. The molecule has 0 amide bonds. The second-order valence-corrected chi connectivity index (χ2v) is 8.86. The van der Waals surface area contributed by atoms with Gasteiger partial charge < -0.3 is 8.83 Å². The summed E-state index contributed by atoms with van der Waals surface area (Å²) in [6.45, 7) is 16.7. The Labute approximate surface area is 228 Å². The largest absolute Gasteiger partial charge is 0.456 e. The fourth-order valence-corrected chi connectivity index (χ4v) is 4.86. The van der Waals surface area contributed by atoms with Gasteiger partial charge in [-0.05, 0) is 66.1 Å². The Morgan fingerprint density at radius 1 is 0.474 bits per heavy atom. The first-order valence-electron chi connectivity index (χ1n) is 14.5. The Hall–Kier alpha value is -3.52. The molecule has 0 N–H and O–H groups in total. The van der Waals surface area contributed by atoms with Crippen molar-refractivity contribution in [1.82, 2.24) is 0 Å². The van der Waals surface area contributed by atoms with Crippen molar-refractivity contribution in [2.75, 3.05) is 0 Å². The predicted octanol–water partition coefficient (Wildman–Crippen LogP) is 11.5. The van der Waals surface area contributed by atoms with Crippen molar-refractivity contribution in [2.45, 2.75) is 81.1 Å². The van der Waals surface area contributed by atoms with Gasteiger partial charge in [-0.15, -0.1) is 0 Å². The molecule has 0 atom stereocenters. The van der Waals surface area contributed by atoms with E-state index < -0.39 is 0 Å². The zero-order valence-corrected chi connectivity index (χ0v) is 24.6. The number of hydrogen-bond donors (Lipinski definition) is 0. The number of benzene rings is 4. The average Bonchev–Trinajstić information content (AvgIpc) is 3.56. The summed E-state index contributed by atoms with van der Waals surface area (Å²) in [6.07, 6.45) is 4.15. The highest BCUT2D eigenvalue weighted by molar-refractivity contribution is 6.07. The molecule has 200 valence electrons. The molecule has 0 aliphatic carbocycles. The molecule has 4 aromatic carbocycles. The molecule has 0 fully saturated rings. The van der Waals surface area contributed by atoms with Crippen LogP contribution in [0, 0.1) is 0 Å². The third kappa shape index (κ3) is 5.80. The summed E-state index contributed by atoms with van der Waals surface area (Å²) in [5, 5.41) is 5.00. The molecule has 0 saturated heterocycles. The van der Waals surface area contributed by atoms with Crippen LogP contribution < -0.4 is 0 Å². The Morgan fingerprint density at radius 3 is 1.63 bits per heavy atom. The molecular formula is C36H44O2. The van der Waals surface area contributed by atoms with Crippen molar-refractivity contribution in [3.8, 4) is 0 Å². The van der Waals surface area contributed by atoms with Crippen LogP contribution in [-0.2, 0) is 25.7 Å². The van der Waals surface area contributed by atoms with Crippen LogP contribution in [0.4, 0.5) is 0 Å². The molecule has 0 spiro atoms. The summed E-state index contributed by atoms with van der Waals surface area (Å²) in [7, 11) is 0. The molecule has 0 bridgehead atoms. The van der Waals surface area contributed by atoms with E-state index in [1.54, 1.807) is 0 Å².